The monoisotopic (exact) mass is 274 g/mol. The molecule has 0 radical (unpaired) electrons. The largest absolute Gasteiger partial charge is 0.381 e. The van der Waals surface area contributed by atoms with Gasteiger partial charge in [-0.25, -0.2) is 0 Å². The van der Waals surface area contributed by atoms with Crippen LogP contribution in [0.15, 0.2) is 12.1 Å². The van der Waals surface area contributed by atoms with Crippen LogP contribution >= 0.6 is 0 Å². The van der Waals surface area contributed by atoms with Crippen LogP contribution < -0.4 is 5.32 Å². The summed E-state index contributed by atoms with van der Waals surface area (Å²) in [5.41, 5.74) is 3.90. The molecule has 2 rings (SSSR count). The second-order valence-corrected chi connectivity index (χ2v) is 7.50. The molecule has 0 aromatic carbocycles. The number of aromatic nitrogens is 1. The zero-order chi connectivity index (χ0) is 14.8. The Balaban J connectivity index is 1.97. The van der Waals surface area contributed by atoms with E-state index in [0.29, 0.717) is 11.5 Å². The standard InChI is InChI=1S/C18H30N2/c1-13-9-12-17(14(2)19-13)20-16-8-6-7-15(10-11-16)18(3,4)5/h9,12,15-16,20H,6-8,10-11H2,1-5H3. The van der Waals surface area contributed by atoms with Crippen molar-refractivity contribution in [2.24, 2.45) is 11.3 Å². The first-order valence-corrected chi connectivity index (χ1v) is 8.07. The highest BCUT2D eigenvalue weighted by Crippen LogP contribution is 2.37. The van der Waals surface area contributed by atoms with Gasteiger partial charge in [0.15, 0.2) is 0 Å². The van der Waals surface area contributed by atoms with Crippen molar-refractivity contribution in [3.8, 4) is 0 Å². The molecule has 1 heterocycles. The van der Waals surface area contributed by atoms with Gasteiger partial charge in [0.25, 0.3) is 0 Å². The Labute approximate surface area is 124 Å². The molecule has 2 atom stereocenters. The molecule has 1 aliphatic rings. The fraction of sp³-hybridized carbons (Fsp3) is 0.722. The van der Waals surface area contributed by atoms with Crippen LogP contribution in [-0.4, -0.2) is 11.0 Å². The lowest BCUT2D eigenvalue weighted by molar-refractivity contribution is 0.214. The number of anilines is 1. The molecular formula is C18H30N2. The summed E-state index contributed by atoms with van der Waals surface area (Å²) < 4.78 is 0. The molecule has 1 fully saturated rings. The molecule has 0 saturated heterocycles. The number of hydrogen-bond donors (Lipinski definition) is 1. The van der Waals surface area contributed by atoms with Crippen LogP contribution in [0.3, 0.4) is 0 Å². The van der Waals surface area contributed by atoms with E-state index in [2.05, 4.69) is 57.1 Å². The highest BCUT2D eigenvalue weighted by molar-refractivity contribution is 5.48. The summed E-state index contributed by atoms with van der Waals surface area (Å²) in [6.45, 7) is 11.3. The summed E-state index contributed by atoms with van der Waals surface area (Å²) in [5.74, 6) is 0.867. The van der Waals surface area contributed by atoms with Crippen LogP contribution in [0.2, 0.25) is 0 Å². The average molecular weight is 274 g/mol. The van der Waals surface area contributed by atoms with E-state index in [1.54, 1.807) is 0 Å². The van der Waals surface area contributed by atoms with Crippen LogP contribution in [0.25, 0.3) is 0 Å². The van der Waals surface area contributed by atoms with Crippen LogP contribution in [0.1, 0.15) is 64.3 Å². The van der Waals surface area contributed by atoms with E-state index in [-0.39, 0.29) is 0 Å². The predicted octanol–water partition coefficient (Wildman–Crippen LogP) is 5.11. The molecule has 0 bridgehead atoms. The zero-order valence-electron chi connectivity index (χ0n) is 13.8. The molecule has 2 nitrogen and oxygen atoms in total. The molecule has 1 aromatic heterocycles. The van der Waals surface area contributed by atoms with Crippen molar-refractivity contribution >= 4 is 5.69 Å². The molecule has 1 aromatic rings. The number of nitrogens with zero attached hydrogens (tertiary/aromatic N) is 1. The molecule has 1 aliphatic carbocycles. The van der Waals surface area contributed by atoms with Crippen LogP contribution in [0, 0.1) is 25.2 Å². The van der Waals surface area contributed by atoms with Gasteiger partial charge >= 0.3 is 0 Å². The highest BCUT2D eigenvalue weighted by Gasteiger charge is 2.27. The molecule has 0 spiro atoms. The quantitative estimate of drug-likeness (QED) is 0.758. The van der Waals surface area contributed by atoms with Gasteiger partial charge in [-0.15, -0.1) is 0 Å². The van der Waals surface area contributed by atoms with E-state index in [4.69, 9.17) is 0 Å². The van der Waals surface area contributed by atoms with Gasteiger partial charge in [0, 0.05) is 11.7 Å². The SMILES string of the molecule is Cc1ccc(NC2CCCC(C(C)(C)C)CC2)c(C)n1. The minimum Gasteiger partial charge on any atom is -0.381 e. The Kier molecular flexibility index (Phi) is 4.72. The Morgan fingerprint density at radius 3 is 2.45 bits per heavy atom. The number of pyridine rings is 1. The molecule has 20 heavy (non-hydrogen) atoms. The summed E-state index contributed by atoms with van der Waals surface area (Å²) in [4.78, 5) is 4.55. The van der Waals surface area contributed by atoms with E-state index in [9.17, 15) is 0 Å². The topological polar surface area (TPSA) is 24.9 Å². The van der Waals surface area contributed by atoms with Gasteiger partial charge in [0.05, 0.1) is 11.4 Å². The first-order chi connectivity index (χ1) is 9.36. The van der Waals surface area contributed by atoms with Gasteiger partial charge < -0.3 is 5.32 Å². The molecule has 1 N–H and O–H groups in total. The fourth-order valence-corrected chi connectivity index (χ4v) is 3.37. The Morgan fingerprint density at radius 2 is 1.80 bits per heavy atom. The summed E-state index contributed by atoms with van der Waals surface area (Å²) in [7, 11) is 0. The molecule has 0 amide bonds. The van der Waals surface area contributed by atoms with E-state index in [1.807, 2.05) is 0 Å². The third-order valence-corrected chi connectivity index (χ3v) is 4.78. The van der Waals surface area contributed by atoms with Gasteiger partial charge in [0.2, 0.25) is 0 Å². The Morgan fingerprint density at radius 1 is 1.05 bits per heavy atom. The van der Waals surface area contributed by atoms with E-state index < -0.39 is 0 Å². The summed E-state index contributed by atoms with van der Waals surface area (Å²) in [6.07, 6.45) is 6.65. The Hall–Kier alpha value is -1.05. The van der Waals surface area contributed by atoms with Crippen molar-refractivity contribution in [1.82, 2.24) is 4.98 Å². The van der Waals surface area contributed by atoms with E-state index >= 15 is 0 Å². The summed E-state index contributed by atoms with van der Waals surface area (Å²) in [6, 6.07) is 4.90. The van der Waals surface area contributed by atoms with Crippen LogP contribution in [0.4, 0.5) is 5.69 Å². The lowest BCUT2D eigenvalue weighted by Crippen LogP contribution is -2.22. The molecule has 2 heteroatoms. The van der Waals surface area contributed by atoms with E-state index in [0.717, 1.165) is 17.3 Å². The van der Waals surface area contributed by atoms with Gasteiger partial charge in [-0.3, -0.25) is 4.98 Å². The summed E-state index contributed by atoms with van der Waals surface area (Å²) >= 11 is 0. The molecule has 2 unspecified atom stereocenters. The predicted molar refractivity (Wildman–Crippen MR) is 87.2 cm³/mol. The maximum atomic E-state index is 4.55. The van der Waals surface area contributed by atoms with Crippen LogP contribution in [-0.2, 0) is 0 Å². The Bertz CT molecular complexity index is 445. The third kappa shape index (κ3) is 3.97. The highest BCUT2D eigenvalue weighted by atomic mass is 14.9. The second-order valence-electron chi connectivity index (χ2n) is 7.50. The minimum atomic E-state index is 0.455. The number of nitrogens with one attached hydrogen (secondary N) is 1. The maximum absolute atomic E-state index is 4.55. The van der Waals surface area contributed by atoms with Gasteiger partial charge in [-0.2, -0.15) is 0 Å². The zero-order valence-corrected chi connectivity index (χ0v) is 13.8. The van der Waals surface area contributed by atoms with Crippen molar-refractivity contribution in [3.63, 3.8) is 0 Å². The molecule has 0 aliphatic heterocycles. The number of hydrogen-bond acceptors (Lipinski definition) is 2. The van der Waals surface area contributed by atoms with Crippen molar-refractivity contribution in [1.29, 1.82) is 0 Å². The molecular weight excluding hydrogens is 244 g/mol. The van der Waals surface area contributed by atoms with Crippen LogP contribution in [0.5, 0.6) is 0 Å². The normalized spacial score (nSPS) is 24.2. The first kappa shape index (κ1) is 15.3. The number of aryl methyl sites for hydroxylation is 2. The number of rotatable bonds is 2. The molecule has 112 valence electrons. The van der Waals surface area contributed by atoms with Gasteiger partial charge in [-0.1, -0.05) is 27.2 Å². The fourth-order valence-electron chi connectivity index (χ4n) is 3.37. The lowest BCUT2D eigenvalue weighted by Gasteiger charge is -2.29. The first-order valence-electron chi connectivity index (χ1n) is 8.07. The second kappa shape index (κ2) is 6.15. The average Bonchev–Trinajstić information content (AvgIpc) is 2.58. The van der Waals surface area contributed by atoms with Crippen molar-refractivity contribution in [2.75, 3.05) is 5.32 Å². The minimum absolute atomic E-state index is 0.455. The van der Waals surface area contributed by atoms with Crippen molar-refractivity contribution < 1.29 is 0 Å². The smallest absolute Gasteiger partial charge is 0.0606 e. The van der Waals surface area contributed by atoms with Gasteiger partial charge in [0.1, 0.15) is 0 Å². The van der Waals surface area contributed by atoms with E-state index in [1.165, 1.54) is 37.8 Å². The lowest BCUT2D eigenvalue weighted by atomic mass is 9.76. The summed E-state index contributed by atoms with van der Waals surface area (Å²) in [5, 5.41) is 3.73. The molecule has 1 saturated carbocycles. The van der Waals surface area contributed by atoms with Crippen molar-refractivity contribution in [2.45, 2.75) is 72.8 Å². The third-order valence-electron chi connectivity index (χ3n) is 4.78. The van der Waals surface area contributed by atoms with Crippen molar-refractivity contribution in [3.05, 3.63) is 23.5 Å². The van der Waals surface area contributed by atoms with Gasteiger partial charge in [-0.05, 0) is 63.0 Å². The maximum Gasteiger partial charge on any atom is 0.0606 e.